The van der Waals surface area contributed by atoms with E-state index in [0.29, 0.717) is 0 Å². The minimum atomic E-state index is -2.01. The van der Waals surface area contributed by atoms with Crippen molar-refractivity contribution in [2.24, 2.45) is 0 Å². The molecule has 8 aromatic rings. The molecule has 0 saturated heterocycles. The Morgan fingerprint density at radius 3 is 1.51 bits per heavy atom. The number of rotatable bonds is 8. The number of hydrogen-bond acceptors (Lipinski definition) is 5. The average molecular weight is 832 g/mol. The number of hydrogen-bond donors (Lipinski definition) is 0. The maximum Gasteiger partial charge on any atom is 0.260 e. The zero-order valence-electron chi connectivity index (χ0n) is 35.9. The Labute approximate surface area is 371 Å². The fourth-order valence-corrected chi connectivity index (χ4v) is 12.9. The van der Waals surface area contributed by atoms with Crippen LogP contribution in [0, 0.1) is 0 Å². The predicted molar refractivity (Wildman–Crippen MR) is 267 cm³/mol. The third kappa shape index (κ3) is 6.38. The summed E-state index contributed by atoms with van der Waals surface area (Å²) in [4.78, 5) is 7.00. The monoisotopic (exact) mass is 831 g/mol. The van der Waals surface area contributed by atoms with Crippen molar-refractivity contribution in [3.05, 3.63) is 212 Å². The van der Waals surface area contributed by atoms with Crippen LogP contribution in [-0.2, 0) is 0 Å². The van der Waals surface area contributed by atoms with Crippen molar-refractivity contribution in [2.75, 3.05) is 14.7 Å². The summed E-state index contributed by atoms with van der Waals surface area (Å²) >= 11 is 0. The van der Waals surface area contributed by atoms with E-state index in [1.807, 2.05) is 0 Å². The molecule has 0 spiro atoms. The van der Waals surface area contributed by atoms with Gasteiger partial charge in [0.15, 0.2) is 0 Å². The first kappa shape index (κ1) is 38.4. The van der Waals surface area contributed by atoms with Gasteiger partial charge in [0.1, 0.15) is 31.1 Å². The van der Waals surface area contributed by atoms with E-state index >= 15 is 0 Å². The smallest absolute Gasteiger partial charge is 0.260 e. The first-order chi connectivity index (χ1) is 30.9. The van der Waals surface area contributed by atoms with Gasteiger partial charge in [0.2, 0.25) is 0 Å². The van der Waals surface area contributed by atoms with Crippen LogP contribution in [-0.4, -0.2) is 14.8 Å². The summed E-state index contributed by atoms with van der Waals surface area (Å²) in [6.45, 7) is 8.94. The third-order valence-corrected chi connectivity index (χ3v) is 16.3. The lowest BCUT2D eigenvalue weighted by Gasteiger charge is -2.42. The van der Waals surface area contributed by atoms with Gasteiger partial charge in [0.25, 0.3) is 6.71 Å². The third-order valence-electron chi connectivity index (χ3n) is 12.8. The van der Waals surface area contributed by atoms with Gasteiger partial charge in [-0.05, 0) is 102 Å². The maximum atomic E-state index is 7.19. The predicted octanol–water partition coefficient (Wildman–Crippen LogP) is 12.1. The highest BCUT2D eigenvalue weighted by molar-refractivity contribution is 7.02. The van der Waals surface area contributed by atoms with E-state index in [4.69, 9.17) is 9.47 Å². The molecule has 0 bridgehead atoms. The minimum Gasteiger partial charge on any atom is -0.458 e. The van der Waals surface area contributed by atoms with Crippen LogP contribution in [0.3, 0.4) is 0 Å². The van der Waals surface area contributed by atoms with Crippen LogP contribution < -0.4 is 50.9 Å². The molecule has 0 fully saturated rings. The second-order valence-electron chi connectivity index (χ2n) is 16.8. The Morgan fingerprint density at radius 1 is 0.508 bits per heavy atom. The lowest BCUT2D eigenvalue weighted by molar-refractivity contribution is 0.465. The maximum absolute atomic E-state index is 7.19. The molecule has 0 unspecified atom stereocenters. The van der Waals surface area contributed by atoms with E-state index in [0.717, 1.165) is 79.2 Å². The summed E-state index contributed by atoms with van der Waals surface area (Å²) < 4.78 is 14.4. The van der Waals surface area contributed by atoms with Crippen molar-refractivity contribution < 1.29 is 9.47 Å². The highest BCUT2D eigenvalue weighted by atomic mass is 28.3. The Hall–Kier alpha value is -7.48. The van der Waals surface area contributed by atoms with E-state index < -0.39 is 8.07 Å². The van der Waals surface area contributed by atoms with Gasteiger partial charge < -0.3 is 24.2 Å². The van der Waals surface area contributed by atoms with Gasteiger partial charge in [-0.2, -0.15) is 0 Å². The summed E-state index contributed by atoms with van der Waals surface area (Å²) in [7, 11) is -2.01. The van der Waals surface area contributed by atoms with Crippen LogP contribution in [0.4, 0.5) is 45.5 Å². The second-order valence-corrected chi connectivity index (χ2v) is 21.2. The highest BCUT2D eigenvalue weighted by Gasteiger charge is 2.43. The highest BCUT2D eigenvalue weighted by Crippen LogP contribution is 2.46. The standard InChI is InChI=1S/C56H46BN3O2Si/c1-5-20-39(6-2)58(40-21-10-7-11-22-40)43-31-33-46-50(35-43)61-52-37-45(60-48-27-16-18-29-54(48)63(3,4)55-30-19-17-28-49(55)60)38-53-56(52)57(46)47-34-32-44(36-51(47)62-53)59(41-23-12-8-13-24-41)42-25-14-9-15-26-42/h5-38H,1-4H3/b20-5-,39-6+. The Morgan fingerprint density at radius 2 is 0.984 bits per heavy atom. The molecule has 5 nitrogen and oxygen atoms in total. The normalized spacial score (nSPS) is 14.1. The lowest BCUT2D eigenvalue weighted by atomic mass is 9.35. The number of fused-ring (bicyclic) bond motifs is 6. The summed E-state index contributed by atoms with van der Waals surface area (Å²) in [5.41, 5.74) is 13.0. The van der Waals surface area contributed by atoms with Crippen molar-refractivity contribution >= 4 is 87.0 Å². The van der Waals surface area contributed by atoms with Crippen LogP contribution in [0.5, 0.6) is 23.0 Å². The van der Waals surface area contributed by atoms with E-state index in [9.17, 15) is 0 Å². The molecule has 63 heavy (non-hydrogen) atoms. The molecule has 0 atom stereocenters. The van der Waals surface area contributed by atoms with Crippen molar-refractivity contribution in [1.29, 1.82) is 0 Å². The van der Waals surface area contributed by atoms with Crippen molar-refractivity contribution in [3.63, 3.8) is 0 Å². The molecule has 11 rings (SSSR count). The molecule has 0 saturated carbocycles. The summed E-state index contributed by atoms with van der Waals surface area (Å²) in [5.74, 6) is 3.24. The van der Waals surface area contributed by atoms with Gasteiger partial charge in [-0.3, -0.25) is 0 Å². The molecule has 0 aromatic heterocycles. The van der Waals surface area contributed by atoms with Crippen LogP contribution in [0.2, 0.25) is 13.1 Å². The molecule has 0 N–H and O–H groups in total. The van der Waals surface area contributed by atoms with Crippen LogP contribution >= 0.6 is 0 Å². The fraction of sp³-hybridized carbons (Fsp3) is 0.0714. The van der Waals surface area contributed by atoms with E-state index in [-0.39, 0.29) is 6.71 Å². The molecule has 8 aromatic carbocycles. The zero-order valence-corrected chi connectivity index (χ0v) is 36.9. The second kappa shape index (κ2) is 15.5. The minimum absolute atomic E-state index is 0.129. The lowest BCUT2D eigenvalue weighted by Crippen LogP contribution is -2.58. The van der Waals surface area contributed by atoms with E-state index in [1.54, 1.807) is 0 Å². The summed E-state index contributed by atoms with van der Waals surface area (Å²) in [6, 6.07) is 67.3. The average Bonchev–Trinajstić information content (AvgIpc) is 3.32. The first-order valence-electron chi connectivity index (χ1n) is 21.8. The van der Waals surface area contributed by atoms with Gasteiger partial charge in [-0.15, -0.1) is 0 Å². The van der Waals surface area contributed by atoms with Crippen LogP contribution in [0.15, 0.2) is 212 Å². The fourth-order valence-electron chi connectivity index (χ4n) is 9.91. The van der Waals surface area contributed by atoms with E-state index in [1.165, 1.54) is 21.7 Å². The SMILES string of the molecule is C/C=C\C(=C/C)N(c1ccccc1)c1ccc2c(c1)Oc1cc(N3c4ccccc4[Si](C)(C)c4ccccc43)cc3c1B2c1ccc(N(c2ccccc2)c2ccccc2)cc1O3. The number of nitrogens with zero attached hydrogens (tertiary/aromatic N) is 3. The van der Waals surface area contributed by atoms with Crippen molar-refractivity contribution in [3.8, 4) is 23.0 Å². The van der Waals surface area contributed by atoms with E-state index in [2.05, 4.69) is 248 Å². The number of allylic oxidation sites excluding steroid dienone is 3. The molecular formula is C56H46BN3O2Si. The molecular weight excluding hydrogens is 786 g/mol. The zero-order chi connectivity index (χ0) is 42.7. The van der Waals surface area contributed by atoms with Gasteiger partial charge in [-0.1, -0.05) is 128 Å². The molecule has 0 radical (unpaired) electrons. The van der Waals surface area contributed by atoms with Crippen molar-refractivity contribution in [2.45, 2.75) is 26.9 Å². The van der Waals surface area contributed by atoms with Gasteiger partial charge in [0.05, 0.1) is 5.69 Å². The van der Waals surface area contributed by atoms with Gasteiger partial charge in [-0.25, -0.2) is 0 Å². The molecule has 3 aliphatic heterocycles. The van der Waals surface area contributed by atoms with Crippen molar-refractivity contribution in [1.82, 2.24) is 0 Å². The first-order valence-corrected chi connectivity index (χ1v) is 24.8. The van der Waals surface area contributed by atoms with Crippen LogP contribution in [0.1, 0.15) is 13.8 Å². The Balaban J connectivity index is 1.12. The van der Waals surface area contributed by atoms with Gasteiger partial charge in [0, 0.05) is 75.2 Å². The molecule has 3 aliphatic rings. The molecule has 0 amide bonds. The van der Waals surface area contributed by atoms with Gasteiger partial charge >= 0.3 is 0 Å². The van der Waals surface area contributed by atoms with Crippen LogP contribution in [0.25, 0.3) is 0 Å². The number of benzene rings is 8. The molecule has 304 valence electrons. The largest absolute Gasteiger partial charge is 0.458 e. The summed E-state index contributed by atoms with van der Waals surface area (Å²) in [5, 5.41) is 2.81. The Bertz CT molecular complexity index is 3010. The topological polar surface area (TPSA) is 28.2 Å². The Kier molecular flexibility index (Phi) is 9.43. The summed E-state index contributed by atoms with van der Waals surface area (Å²) in [6.07, 6.45) is 6.39. The molecule has 7 heteroatoms. The molecule has 3 heterocycles. The number of para-hydroxylation sites is 5. The number of ether oxygens (including phenoxy) is 2. The number of anilines is 8. The molecule has 0 aliphatic carbocycles. The quantitative estimate of drug-likeness (QED) is 0.112.